The number of carbonyl (C=O) groups is 1. The van der Waals surface area contributed by atoms with Crippen LogP contribution >= 0.6 is 0 Å². The van der Waals surface area contributed by atoms with Crippen molar-refractivity contribution in [2.45, 2.75) is 38.1 Å². The van der Waals surface area contributed by atoms with Gasteiger partial charge in [-0.15, -0.1) is 0 Å². The Hall–Kier alpha value is -1.83. The number of nitrogens with zero attached hydrogens (tertiary/aromatic N) is 1. The van der Waals surface area contributed by atoms with Crippen LogP contribution in [0.4, 0.5) is 14.9 Å². The quantitative estimate of drug-likeness (QED) is 0.819. The predicted molar refractivity (Wildman–Crippen MR) is 92.0 cm³/mol. The first kappa shape index (κ1) is 18.5. The second-order valence-corrected chi connectivity index (χ2v) is 7.93. The Labute approximate surface area is 142 Å². The minimum atomic E-state index is -3.64. The molecule has 1 saturated carbocycles. The van der Waals surface area contributed by atoms with E-state index in [1.165, 1.54) is 24.6 Å². The van der Waals surface area contributed by atoms with Crippen molar-refractivity contribution in [2.24, 2.45) is 0 Å². The molecule has 0 aliphatic heterocycles. The molecule has 134 valence electrons. The lowest BCUT2D eigenvalue weighted by molar-refractivity contribution is 0.233. The summed E-state index contributed by atoms with van der Waals surface area (Å²) in [6.07, 6.45) is 6.38. The highest BCUT2D eigenvalue weighted by atomic mass is 32.2. The van der Waals surface area contributed by atoms with Gasteiger partial charge in [-0.25, -0.2) is 17.6 Å². The van der Waals surface area contributed by atoms with Gasteiger partial charge in [-0.1, -0.05) is 31.4 Å². The maximum Gasteiger partial charge on any atom is 0.315 e. The second-order valence-electron chi connectivity index (χ2n) is 6.02. The lowest BCUT2D eigenvalue weighted by Gasteiger charge is -2.25. The minimum Gasteiger partial charge on any atom is -0.336 e. The molecule has 2 N–H and O–H groups in total. The lowest BCUT2D eigenvalue weighted by atomic mass is 9.96. The van der Waals surface area contributed by atoms with E-state index in [9.17, 15) is 17.6 Å². The van der Waals surface area contributed by atoms with E-state index in [2.05, 4.69) is 10.6 Å². The highest BCUT2D eigenvalue weighted by molar-refractivity contribution is 7.92. The van der Waals surface area contributed by atoms with E-state index in [1.807, 2.05) is 0 Å². The van der Waals surface area contributed by atoms with Gasteiger partial charge in [-0.05, 0) is 25.0 Å². The van der Waals surface area contributed by atoms with Gasteiger partial charge in [0.25, 0.3) is 0 Å². The molecule has 0 spiro atoms. The Balaban J connectivity index is 1.89. The van der Waals surface area contributed by atoms with Crippen molar-refractivity contribution in [3.8, 4) is 0 Å². The van der Waals surface area contributed by atoms with Crippen LogP contribution in [0.2, 0.25) is 0 Å². The zero-order valence-corrected chi connectivity index (χ0v) is 14.6. The first-order valence-corrected chi connectivity index (χ1v) is 9.99. The van der Waals surface area contributed by atoms with Crippen molar-refractivity contribution in [1.29, 1.82) is 0 Å². The van der Waals surface area contributed by atoms with Crippen molar-refractivity contribution in [2.75, 3.05) is 23.7 Å². The monoisotopic (exact) mass is 357 g/mol. The molecule has 1 aromatic carbocycles. The fraction of sp³-hybridized carbons (Fsp3) is 0.562. The van der Waals surface area contributed by atoms with Crippen molar-refractivity contribution in [3.63, 3.8) is 0 Å². The van der Waals surface area contributed by atoms with Gasteiger partial charge in [-0.2, -0.15) is 0 Å². The Morgan fingerprint density at radius 1 is 1.25 bits per heavy atom. The Bertz CT molecular complexity index is 660. The third-order valence-electron chi connectivity index (χ3n) is 4.06. The molecule has 8 heteroatoms. The average Bonchev–Trinajstić information content (AvgIpc) is 2.52. The molecule has 2 amide bonds. The van der Waals surface area contributed by atoms with Gasteiger partial charge in [-0.3, -0.25) is 4.31 Å². The Kier molecular flexibility index (Phi) is 6.42. The fourth-order valence-corrected chi connectivity index (χ4v) is 3.80. The Morgan fingerprint density at radius 2 is 1.92 bits per heavy atom. The molecule has 0 bridgehead atoms. The number of sulfonamides is 1. The Morgan fingerprint density at radius 3 is 2.54 bits per heavy atom. The smallest absolute Gasteiger partial charge is 0.315 e. The summed E-state index contributed by atoms with van der Waals surface area (Å²) < 4.78 is 38.6. The van der Waals surface area contributed by atoms with Crippen LogP contribution in [-0.2, 0) is 10.0 Å². The second kappa shape index (κ2) is 8.32. The van der Waals surface area contributed by atoms with Crippen LogP contribution in [0, 0.1) is 5.82 Å². The number of hydrogen-bond acceptors (Lipinski definition) is 3. The summed E-state index contributed by atoms with van der Waals surface area (Å²) in [6.45, 7) is 0.0673. The van der Waals surface area contributed by atoms with Crippen LogP contribution < -0.4 is 14.9 Å². The van der Waals surface area contributed by atoms with Gasteiger partial charge in [0.15, 0.2) is 0 Å². The molecule has 0 aromatic heterocycles. The summed E-state index contributed by atoms with van der Waals surface area (Å²) >= 11 is 0. The molecule has 0 radical (unpaired) electrons. The largest absolute Gasteiger partial charge is 0.336 e. The number of rotatable bonds is 6. The molecule has 24 heavy (non-hydrogen) atoms. The van der Waals surface area contributed by atoms with E-state index >= 15 is 0 Å². The number of halogens is 1. The SMILES string of the molecule is CS(=O)(=O)N(CCNC(=O)NC1CCCCC1)c1ccccc1F. The maximum absolute atomic E-state index is 13.9. The first-order valence-electron chi connectivity index (χ1n) is 8.14. The van der Waals surface area contributed by atoms with E-state index in [4.69, 9.17) is 0 Å². The topological polar surface area (TPSA) is 78.5 Å². The summed E-state index contributed by atoms with van der Waals surface area (Å²) in [5, 5.41) is 5.53. The van der Waals surface area contributed by atoms with Crippen LogP contribution in [0.1, 0.15) is 32.1 Å². The number of anilines is 1. The molecular weight excluding hydrogens is 333 g/mol. The highest BCUT2D eigenvalue weighted by Gasteiger charge is 2.21. The number of hydrogen-bond donors (Lipinski definition) is 2. The molecular formula is C16H24FN3O3S. The number of carbonyl (C=O) groups excluding carboxylic acids is 1. The van der Waals surface area contributed by atoms with E-state index in [0.29, 0.717) is 0 Å². The average molecular weight is 357 g/mol. The van der Waals surface area contributed by atoms with Crippen molar-refractivity contribution >= 4 is 21.7 Å². The lowest BCUT2D eigenvalue weighted by Crippen LogP contribution is -2.46. The van der Waals surface area contributed by atoms with E-state index in [1.54, 1.807) is 6.07 Å². The third kappa shape index (κ3) is 5.36. The van der Waals surface area contributed by atoms with Gasteiger partial charge < -0.3 is 10.6 Å². The number of benzene rings is 1. The van der Waals surface area contributed by atoms with E-state index in [0.717, 1.165) is 36.2 Å². The van der Waals surface area contributed by atoms with Gasteiger partial charge in [0.1, 0.15) is 5.82 Å². The summed E-state index contributed by atoms with van der Waals surface area (Å²) in [5.74, 6) is -0.616. The summed E-state index contributed by atoms with van der Waals surface area (Å²) in [6, 6.07) is 5.53. The first-order chi connectivity index (χ1) is 11.4. The number of para-hydroxylation sites is 1. The predicted octanol–water partition coefficient (Wildman–Crippen LogP) is 2.22. The van der Waals surface area contributed by atoms with Gasteiger partial charge in [0.05, 0.1) is 18.5 Å². The van der Waals surface area contributed by atoms with Crippen molar-refractivity contribution in [1.82, 2.24) is 10.6 Å². The molecule has 1 aliphatic rings. The number of amides is 2. The van der Waals surface area contributed by atoms with Crippen molar-refractivity contribution < 1.29 is 17.6 Å². The highest BCUT2D eigenvalue weighted by Crippen LogP contribution is 2.20. The van der Waals surface area contributed by atoms with Crippen LogP contribution in [0.25, 0.3) is 0 Å². The molecule has 0 heterocycles. The van der Waals surface area contributed by atoms with Crippen LogP contribution in [0.5, 0.6) is 0 Å². The van der Waals surface area contributed by atoms with Gasteiger partial charge >= 0.3 is 6.03 Å². The standard InChI is InChI=1S/C16H24FN3O3S/c1-24(22,23)20(15-10-6-5-9-14(15)17)12-11-18-16(21)19-13-7-3-2-4-8-13/h5-6,9-10,13H,2-4,7-8,11-12H2,1H3,(H2,18,19,21). The van der Waals surface area contributed by atoms with Gasteiger partial charge in [0, 0.05) is 12.6 Å². The molecule has 0 atom stereocenters. The third-order valence-corrected chi connectivity index (χ3v) is 5.24. The molecule has 6 nitrogen and oxygen atoms in total. The molecule has 1 aliphatic carbocycles. The minimum absolute atomic E-state index is 0.0190. The normalized spacial score (nSPS) is 15.8. The molecule has 1 fully saturated rings. The number of nitrogens with one attached hydrogen (secondary N) is 2. The van der Waals surface area contributed by atoms with Crippen LogP contribution in [0.3, 0.4) is 0 Å². The van der Waals surface area contributed by atoms with E-state index in [-0.39, 0.29) is 30.8 Å². The zero-order chi connectivity index (χ0) is 17.6. The van der Waals surface area contributed by atoms with E-state index < -0.39 is 15.8 Å². The summed E-state index contributed by atoms with van der Waals surface area (Å²) in [7, 11) is -3.64. The van der Waals surface area contributed by atoms with Crippen molar-refractivity contribution in [3.05, 3.63) is 30.1 Å². The molecule has 0 saturated heterocycles. The summed E-state index contributed by atoms with van der Waals surface area (Å²) in [4.78, 5) is 11.9. The van der Waals surface area contributed by atoms with Crippen LogP contribution in [-0.4, -0.2) is 39.8 Å². The maximum atomic E-state index is 13.9. The summed E-state index contributed by atoms with van der Waals surface area (Å²) in [5.41, 5.74) is -0.0190. The van der Waals surface area contributed by atoms with Crippen LogP contribution in [0.15, 0.2) is 24.3 Å². The molecule has 0 unspecified atom stereocenters. The van der Waals surface area contributed by atoms with Gasteiger partial charge in [0.2, 0.25) is 10.0 Å². The molecule has 1 aromatic rings. The zero-order valence-electron chi connectivity index (χ0n) is 13.8. The number of urea groups is 1. The fourth-order valence-electron chi connectivity index (χ4n) is 2.87. The molecule has 2 rings (SSSR count).